The Morgan fingerprint density at radius 1 is 0.833 bits per heavy atom. The fraction of sp³-hybridized carbons (Fsp3) is 0.333. The first kappa shape index (κ1) is 18.4. The Hall–Kier alpha value is -0.421. The first-order valence-corrected chi connectivity index (χ1v) is 21.8. The van der Waals surface area contributed by atoms with E-state index in [1.54, 1.807) is 0 Å². The molecular formula is C21H25IOSn+. The van der Waals surface area contributed by atoms with Crippen molar-refractivity contribution >= 4 is 22.0 Å². The van der Waals surface area contributed by atoms with Crippen molar-refractivity contribution in [2.24, 2.45) is 0 Å². The Morgan fingerprint density at radius 3 is 1.71 bits per heavy atom. The average Bonchev–Trinajstić information content (AvgIpc) is 2.89. The predicted molar refractivity (Wildman–Crippen MR) is 99.7 cm³/mol. The number of halogens is 1. The first-order valence-electron chi connectivity index (χ1n) is 8.76. The summed E-state index contributed by atoms with van der Waals surface area (Å²) in [5.74, 6) is 0. The van der Waals surface area contributed by atoms with E-state index in [0.717, 1.165) is 12.8 Å². The molecule has 0 spiro atoms. The summed E-state index contributed by atoms with van der Waals surface area (Å²) in [6.45, 7) is 6.16. The van der Waals surface area contributed by atoms with Crippen molar-refractivity contribution in [3.63, 3.8) is 0 Å². The molecule has 0 amide bonds. The van der Waals surface area contributed by atoms with E-state index >= 15 is 0 Å². The fourth-order valence-corrected chi connectivity index (χ4v) is 19.5. The molecule has 2 aromatic rings. The first-order chi connectivity index (χ1) is 11.7. The molecule has 1 saturated carbocycles. The molecule has 1 nitrogen and oxygen atoms in total. The molecule has 125 valence electrons. The van der Waals surface area contributed by atoms with Crippen LogP contribution in [0.25, 0.3) is 0 Å². The van der Waals surface area contributed by atoms with Crippen molar-refractivity contribution in [2.75, 3.05) is 0 Å². The topological polar surface area (TPSA) is 9.23 Å². The molecular weight excluding hydrogens is 514 g/mol. The van der Waals surface area contributed by atoms with Crippen molar-refractivity contribution in [3.8, 4) is 0 Å². The van der Waals surface area contributed by atoms with E-state index in [1.807, 2.05) is 6.08 Å². The Balaban J connectivity index is 2.03. The van der Waals surface area contributed by atoms with Gasteiger partial charge in [-0.1, -0.05) is 0 Å². The van der Waals surface area contributed by atoms with Gasteiger partial charge in [-0.15, -0.1) is 0 Å². The standard InChI is InChI=1S/C9H14O.2C6H5.HI.Sn/c1-2-9(10)7-5-3-4-6-8-9;2*1-2-4-6-5-3-1;;/h1-2H,3-8H2;2*1-5H;1H;/q;;;;+1. The molecule has 2 aromatic carbocycles. The van der Waals surface area contributed by atoms with Gasteiger partial charge >= 0.3 is 161 Å². The van der Waals surface area contributed by atoms with Gasteiger partial charge in [-0.3, -0.25) is 0 Å². The quantitative estimate of drug-likeness (QED) is 0.235. The van der Waals surface area contributed by atoms with Crippen LogP contribution in [0, 0.1) is 6.58 Å². The van der Waals surface area contributed by atoms with Crippen LogP contribution >= 0.6 is 0 Å². The minimum atomic E-state index is -3.23. The normalized spacial score (nSPS) is 17.8. The Kier molecular flexibility index (Phi) is 6.36. The molecule has 0 heterocycles. The molecule has 0 aliphatic heterocycles. The molecule has 0 unspecified atom stereocenters. The van der Waals surface area contributed by atoms with Gasteiger partial charge in [0, 0.05) is 0 Å². The summed E-state index contributed by atoms with van der Waals surface area (Å²) < 4.78 is 9.87. The Bertz CT molecular complexity index is 609. The Morgan fingerprint density at radius 2 is 1.29 bits per heavy atom. The molecule has 0 saturated heterocycles. The fourth-order valence-electron chi connectivity index (χ4n) is 3.52. The van der Waals surface area contributed by atoms with Crippen LogP contribution in [0.5, 0.6) is 0 Å². The molecule has 0 bridgehead atoms. The maximum absolute atomic E-state index is 7.10. The van der Waals surface area contributed by atoms with E-state index in [9.17, 15) is 0 Å². The molecule has 3 rings (SSSR count). The van der Waals surface area contributed by atoms with Gasteiger partial charge in [-0.25, -0.2) is 0 Å². The number of benzene rings is 2. The molecule has 1 aliphatic carbocycles. The minimum absolute atomic E-state index is 0.254. The van der Waals surface area contributed by atoms with Gasteiger partial charge in [-0.05, 0) is 0 Å². The molecule has 1 aliphatic rings. The number of hydrogen-bond donors (Lipinski definition) is 0. The van der Waals surface area contributed by atoms with E-state index in [2.05, 4.69) is 79.3 Å². The summed E-state index contributed by atoms with van der Waals surface area (Å²) in [4.78, 5) is 0. The summed E-state index contributed by atoms with van der Waals surface area (Å²) in [5, 5.41) is 0. The molecule has 1 fully saturated rings. The van der Waals surface area contributed by atoms with Gasteiger partial charge in [0.05, 0.1) is 0 Å². The number of hydrogen-bond acceptors (Lipinski definition) is 1. The molecule has 0 N–H and O–H groups in total. The third-order valence-corrected chi connectivity index (χ3v) is 23.8. The third kappa shape index (κ3) is 4.04. The summed E-state index contributed by atoms with van der Waals surface area (Å²) in [6, 6.07) is 21.7. The van der Waals surface area contributed by atoms with Crippen LogP contribution in [0.1, 0.15) is 38.5 Å². The van der Waals surface area contributed by atoms with Crippen LogP contribution in [-0.4, -0.2) is 20.4 Å². The van der Waals surface area contributed by atoms with Crippen molar-refractivity contribution < 1.29 is 21.7 Å². The zero-order valence-corrected chi connectivity index (χ0v) is 19.2. The van der Waals surface area contributed by atoms with E-state index in [-0.39, 0.29) is 5.60 Å². The van der Waals surface area contributed by atoms with Crippen LogP contribution in [0.15, 0.2) is 66.7 Å². The second-order valence-corrected chi connectivity index (χ2v) is 25.0. The SMILES string of the molecule is [CH+]=CC1([O][Sn-]([IH+])([c]2ccccc2)[c]2ccccc2)CCCCCC1. The average molecular weight is 539 g/mol. The van der Waals surface area contributed by atoms with Crippen LogP contribution in [0.3, 0.4) is 0 Å². The van der Waals surface area contributed by atoms with Crippen molar-refractivity contribution in [1.29, 1.82) is 0 Å². The summed E-state index contributed by atoms with van der Waals surface area (Å²) in [7, 11) is 0. The second kappa shape index (κ2) is 8.31. The second-order valence-electron chi connectivity index (χ2n) is 6.60. The van der Waals surface area contributed by atoms with Crippen molar-refractivity contribution in [1.82, 2.24) is 0 Å². The van der Waals surface area contributed by atoms with E-state index in [0.29, 0.717) is 0 Å². The van der Waals surface area contributed by atoms with Gasteiger partial charge in [0.2, 0.25) is 0 Å². The predicted octanol–water partition coefficient (Wildman–Crippen LogP) is 0.627. The zero-order valence-electron chi connectivity index (χ0n) is 14.0. The molecule has 24 heavy (non-hydrogen) atoms. The van der Waals surface area contributed by atoms with Gasteiger partial charge in [-0.2, -0.15) is 0 Å². The van der Waals surface area contributed by atoms with E-state index in [4.69, 9.17) is 9.65 Å². The zero-order chi connectivity index (χ0) is 16.9. The Labute approximate surface area is 160 Å². The van der Waals surface area contributed by atoms with E-state index in [1.165, 1.54) is 32.8 Å². The molecule has 3 heteroatoms. The molecule has 0 atom stereocenters. The van der Waals surface area contributed by atoms with Crippen LogP contribution in [-0.2, 0) is 3.07 Å². The summed E-state index contributed by atoms with van der Waals surface area (Å²) in [5.41, 5.74) is -0.254. The van der Waals surface area contributed by atoms with Crippen LogP contribution in [0.2, 0.25) is 0 Å². The molecule has 0 radical (unpaired) electrons. The maximum atomic E-state index is 7.10. The summed E-state index contributed by atoms with van der Waals surface area (Å²) in [6.07, 6.45) is 8.97. The van der Waals surface area contributed by atoms with Crippen molar-refractivity contribution in [3.05, 3.63) is 73.3 Å². The number of rotatable bonds is 5. The van der Waals surface area contributed by atoms with Crippen molar-refractivity contribution in [2.45, 2.75) is 44.1 Å². The summed E-state index contributed by atoms with van der Waals surface area (Å²) >= 11 is -0.940. The van der Waals surface area contributed by atoms with Crippen LogP contribution in [0.4, 0.5) is 0 Å². The monoisotopic (exact) mass is 540 g/mol. The van der Waals surface area contributed by atoms with Gasteiger partial charge in [0.25, 0.3) is 0 Å². The molecule has 0 aromatic heterocycles. The third-order valence-electron chi connectivity index (χ3n) is 4.91. The van der Waals surface area contributed by atoms with Gasteiger partial charge in [0.1, 0.15) is 0 Å². The van der Waals surface area contributed by atoms with E-state index < -0.39 is 14.8 Å². The van der Waals surface area contributed by atoms with Crippen LogP contribution < -0.4 is 25.8 Å². The van der Waals surface area contributed by atoms with Gasteiger partial charge < -0.3 is 0 Å². The van der Waals surface area contributed by atoms with Gasteiger partial charge in [0.15, 0.2) is 0 Å².